The van der Waals surface area contributed by atoms with Crippen molar-refractivity contribution in [3.8, 4) is 0 Å². The molecule has 0 saturated carbocycles. The van der Waals surface area contributed by atoms with Crippen LogP contribution in [0.1, 0.15) is 29.3 Å². The zero-order chi connectivity index (χ0) is 23.8. The first kappa shape index (κ1) is 23.4. The predicted molar refractivity (Wildman–Crippen MR) is 121 cm³/mol. The van der Waals surface area contributed by atoms with Gasteiger partial charge in [-0.2, -0.15) is 4.31 Å². The van der Waals surface area contributed by atoms with Crippen LogP contribution in [0.3, 0.4) is 0 Å². The molecule has 0 radical (unpaired) electrons. The lowest BCUT2D eigenvalue weighted by atomic mass is 10.2. The van der Waals surface area contributed by atoms with Gasteiger partial charge in [-0.25, -0.2) is 13.4 Å². The number of carbonyl (C=O) groups is 1. The summed E-state index contributed by atoms with van der Waals surface area (Å²) in [4.78, 5) is 19.2. The van der Waals surface area contributed by atoms with E-state index in [9.17, 15) is 13.2 Å². The normalized spacial score (nSPS) is 15.3. The molecule has 3 heterocycles. The third-order valence-corrected chi connectivity index (χ3v) is 8.01. The number of rotatable bonds is 7. The maximum Gasteiger partial charge on any atom is 0.243 e. The summed E-state index contributed by atoms with van der Waals surface area (Å²) in [5.74, 6) is 1.42. The van der Waals surface area contributed by atoms with Gasteiger partial charge in [0.05, 0.1) is 41.4 Å². The quantitative estimate of drug-likeness (QED) is 0.512. The van der Waals surface area contributed by atoms with Crippen molar-refractivity contribution in [1.82, 2.24) is 23.9 Å². The number of benzene rings is 1. The zero-order valence-electron chi connectivity index (χ0n) is 19.4. The van der Waals surface area contributed by atoms with E-state index >= 15 is 0 Å². The minimum absolute atomic E-state index is 0.0161. The van der Waals surface area contributed by atoms with Gasteiger partial charge >= 0.3 is 0 Å². The van der Waals surface area contributed by atoms with Crippen LogP contribution in [-0.4, -0.2) is 71.6 Å². The highest BCUT2D eigenvalue weighted by atomic mass is 32.2. The number of imidazole rings is 1. The average molecular weight is 476 g/mol. The molecule has 0 unspecified atom stereocenters. The Morgan fingerprint density at radius 1 is 1.21 bits per heavy atom. The average Bonchev–Trinajstić information content (AvgIpc) is 3.30. The van der Waals surface area contributed by atoms with E-state index < -0.39 is 10.0 Å². The fourth-order valence-corrected chi connectivity index (χ4v) is 5.44. The molecular formula is C22H29N5O5S. The fourth-order valence-electron chi connectivity index (χ4n) is 4.01. The van der Waals surface area contributed by atoms with Gasteiger partial charge in [0.25, 0.3) is 0 Å². The number of amides is 1. The van der Waals surface area contributed by atoms with Crippen LogP contribution in [0.4, 0.5) is 0 Å². The Kier molecular flexibility index (Phi) is 6.55. The summed E-state index contributed by atoms with van der Waals surface area (Å²) in [7, 11) is 0.0342. The van der Waals surface area contributed by atoms with Gasteiger partial charge in [-0.3, -0.25) is 4.79 Å². The minimum atomic E-state index is -3.60. The Morgan fingerprint density at radius 3 is 2.61 bits per heavy atom. The van der Waals surface area contributed by atoms with Crippen LogP contribution < -0.4 is 0 Å². The monoisotopic (exact) mass is 475 g/mol. The molecule has 1 aromatic carbocycles. The van der Waals surface area contributed by atoms with E-state index in [1.807, 2.05) is 25.5 Å². The topological polar surface area (TPSA) is 111 Å². The summed E-state index contributed by atoms with van der Waals surface area (Å²) in [5.41, 5.74) is 3.12. The lowest BCUT2D eigenvalue weighted by molar-refractivity contribution is -0.130. The zero-order valence-corrected chi connectivity index (χ0v) is 20.2. The van der Waals surface area contributed by atoms with Crippen molar-refractivity contribution < 1.29 is 22.5 Å². The van der Waals surface area contributed by atoms with E-state index in [1.165, 1.54) is 4.31 Å². The maximum absolute atomic E-state index is 13.0. The molecule has 0 atom stereocenters. The van der Waals surface area contributed by atoms with Crippen molar-refractivity contribution in [3.63, 3.8) is 0 Å². The van der Waals surface area contributed by atoms with Gasteiger partial charge in [-0.05, 0) is 32.0 Å². The number of carbonyl (C=O) groups excluding carboxylic acids is 1. The minimum Gasteiger partial charge on any atom is -0.379 e. The van der Waals surface area contributed by atoms with Crippen LogP contribution in [0, 0.1) is 13.8 Å². The molecule has 10 nitrogen and oxygen atoms in total. The molecule has 1 aliphatic rings. The third-order valence-electron chi connectivity index (χ3n) is 6.12. The molecule has 0 spiro atoms. The van der Waals surface area contributed by atoms with Gasteiger partial charge in [0.15, 0.2) is 0 Å². The Bertz CT molecular complexity index is 1250. The molecule has 1 aliphatic heterocycles. The number of hydrogen-bond donors (Lipinski definition) is 0. The summed E-state index contributed by atoms with van der Waals surface area (Å²) >= 11 is 0. The molecule has 1 saturated heterocycles. The smallest absolute Gasteiger partial charge is 0.243 e. The first-order valence-electron chi connectivity index (χ1n) is 10.9. The highest BCUT2D eigenvalue weighted by Crippen LogP contribution is 2.23. The van der Waals surface area contributed by atoms with E-state index in [2.05, 4.69) is 10.1 Å². The van der Waals surface area contributed by atoms with Crippen LogP contribution in [0.2, 0.25) is 0 Å². The van der Waals surface area contributed by atoms with Gasteiger partial charge in [0, 0.05) is 45.6 Å². The molecule has 1 amide bonds. The number of ether oxygens (including phenoxy) is 1. The highest BCUT2D eigenvalue weighted by molar-refractivity contribution is 7.89. The number of hydrogen-bond acceptors (Lipinski definition) is 7. The molecular weight excluding hydrogens is 446 g/mol. The highest BCUT2D eigenvalue weighted by Gasteiger charge is 2.27. The standard InChI is InChI=1S/C22H29N5O5S/c1-15-18(16(2)32-24-15)14-25(3)22(28)8-7-21-23-19-13-17(5-6-20(19)26(21)4)33(29,30)27-9-11-31-12-10-27/h5-6,13H,7-12,14H2,1-4H3. The number of sulfonamides is 1. The molecule has 4 rings (SSSR count). The Hall–Kier alpha value is -2.76. The number of nitrogens with zero attached hydrogens (tertiary/aromatic N) is 5. The first-order chi connectivity index (χ1) is 15.7. The lowest BCUT2D eigenvalue weighted by Crippen LogP contribution is -2.40. The van der Waals surface area contributed by atoms with Crippen LogP contribution >= 0.6 is 0 Å². The Labute approximate surface area is 193 Å². The first-order valence-corrected chi connectivity index (χ1v) is 12.3. The van der Waals surface area contributed by atoms with E-state index in [-0.39, 0.29) is 17.2 Å². The van der Waals surface area contributed by atoms with Crippen molar-refractivity contribution in [2.24, 2.45) is 7.05 Å². The number of aromatic nitrogens is 3. The molecule has 0 bridgehead atoms. The fraction of sp³-hybridized carbons (Fsp3) is 0.500. The van der Waals surface area contributed by atoms with Gasteiger partial charge in [-0.15, -0.1) is 0 Å². The van der Waals surface area contributed by atoms with Gasteiger partial charge in [0.1, 0.15) is 11.6 Å². The summed E-state index contributed by atoms with van der Waals surface area (Å²) in [5, 5.41) is 3.93. The molecule has 0 aliphatic carbocycles. The third kappa shape index (κ3) is 4.66. The number of morpholine rings is 1. The molecule has 0 N–H and O–H groups in total. The lowest BCUT2D eigenvalue weighted by Gasteiger charge is -2.26. The van der Waals surface area contributed by atoms with E-state index in [0.717, 1.165) is 22.6 Å². The Balaban J connectivity index is 1.47. The second kappa shape index (κ2) is 9.24. The van der Waals surface area contributed by atoms with Crippen molar-refractivity contribution in [2.45, 2.75) is 38.1 Å². The molecule has 3 aromatic rings. The molecule has 2 aromatic heterocycles. The van der Waals surface area contributed by atoms with Crippen LogP contribution in [0.5, 0.6) is 0 Å². The van der Waals surface area contributed by atoms with E-state index in [1.54, 1.807) is 30.1 Å². The molecule has 33 heavy (non-hydrogen) atoms. The summed E-state index contributed by atoms with van der Waals surface area (Å²) < 4.78 is 39.7. The van der Waals surface area contributed by atoms with E-state index in [4.69, 9.17) is 9.26 Å². The number of fused-ring (bicyclic) bond motifs is 1. The summed E-state index contributed by atoms with van der Waals surface area (Å²) in [6, 6.07) is 4.99. The molecule has 178 valence electrons. The summed E-state index contributed by atoms with van der Waals surface area (Å²) in [6.07, 6.45) is 0.734. The Morgan fingerprint density at radius 2 is 1.94 bits per heavy atom. The number of aryl methyl sites for hydroxylation is 4. The second-order valence-corrected chi connectivity index (χ2v) is 10.2. The van der Waals surface area contributed by atoms with Crippen molar-refractivity contribution in [1.29, 1.82) is 0 Å². The molecule has 11 heteroatoms. The predicted octanol–water partition coefficient (Wildman–Crippen LogP) is 1.79. The van der Waals surface area contributed by atoms with Crippen molar-refractivity contribution in [2.75, 3.05) is 33.4 Å². The van der Waals surface area contributed by atoms with E-state index in [0.29, 0.717) is 50.5 Å². The van der Waals surface area contributed by atoms with Crippen molar-refractivity contribution in [3.05, 3.63) is 41.0 Å². The van der Waals surface area contributed by atoms with Gasteiger partial charge in [-0.1, -0.05) is 5.16 Å². The van der Waals surface area contributed by atoms with Gasteiger partial charge < -0.3 is 18.7 Å². The maximum atomic E-state index is 13.0. The largest absolute Gasteiger partial charge is 0.379 e. The summed E-state index contributed by atoms with van der Waals surface area (Å²) in [6.45, 7) is 5.61. The second-order valence-electron chi connectivity index (χ2n) is 8.31. The van der Waals surface area contributed by atoms with Crippen molar-refractivity contribution >= 4 is 27.0 Å². The SMILES string of the molecule is Cc1noc(C)c1CN(C)C(=O)CCc1nc2cc(S(=O)(=O)N3CCOCC3)ccc2n1C. The van der Waals surface area contributed by atoms with Crippen LogP contribution in [-0.2, 0) is 39.6 Å². The van der Waals surface area contributed by atoms with Crippen LogP contribution in [0.15, 0.2) is 27.6 Å². The van der Waals surface area contributed by atoms with Gasteiger partial charge in [0.2, 0.25) is 15.9 Å². The molecule has 1 fully saturated rings. The van der Waals surface area contributed by atoms with Crippen LogP contribution in [0.25, 0.3) is 11.0 Å².